The molecule has 0 unspecified atom stereocenters. The van der Waals surface area contributed by atoms with Gasteiger partial charge in [0.25, 0.3) is 0 Å². The molecular formula is C15H21N3O. The maximum Gasteiger partial charge on any atom is 0.192 e. The summed E-state index contributed by atoms with van der Waals surface area (Å²) in [6.07, 6.45) is 2.57. The van der Waals surface area contributed by atoms with Crippen molar-refractivity contribution < 1.29 is 4.42 Å². The van der Waals surface area contributed by atoms with E-state index in [1.165, 1.54) is 18.4 Å². The van der Waals surface area contributed by atoms with Crippen molar-refractivity contribution in [2.24, 2.45) is 5.92 Å². The van der Waals surface area contributed by atoms with Gasteiger partial charge < -0.3 is 15.1 Å². The fourth-order valence-electron chi connectivity index (χ4n) is 2.70. The quantitative estimate of drug-likeness (QED) is 0.884. The van der Waals surface area contributed by atoms with E-state index in [1.54, 1.807) is 0 Å². The van der Waals surface area contributed by atoms with Gasteiger partial charge in [-0.05, 0) is 56.1 Å². The molecule has 4 heteroatoms. The minimum absolute atomic E-state index is 0.731. The maximum absolute atomic E-state index is 5.48. The number of nitrogens with zero attached hydrogens (tertiary/aromatic N) is 1. The zero-order valence-corrected chi connectivity index (χ0v) is 11.4. The number of aromatic nitrogens is 1. The summed E-state index contributed by atoms with van der Waals surface area (Å²) in [5, 5.41) is 6.96. The zero-order valence-electron chi connectivity index (χ0n) is 11.4. The highest BCUT2D eigenvalue weighted by Gasteiger charge is 2.12. The van der Waals surface area contributed by atoms with Crippen molar-refractivity contribution in [1.82, 2.24) is 15.6 Å². The highest BCUT2D eigenvalue weighted by atomic mass is 16.3. The summed E-state index contributed by atoms with van der Waals surface area (Å²) in [5.41, 5.74) is 3.10. The van der Waals surface area contributed by atoms with Gasteiger partial charge in [-0.1, -0.05) is 6.07 Å². The molecule has 0 radical (unpaired) electrons. The molecule has 1 aliphatic rings. The van der Waals surface area contributed by atoms with Crippen LogP contribution in [0.5, 0.6) is 0 Å². The molecule has 4 nitrogen and oxygen atoms in total. The van der Waals surface area contributed by atoms with Crippen LogP contribution in [0.3, 0.4) is 0 Å². The summed E-state index contributed by atoms with van der Waals surface area (Å²) in [5.74, 6) is 1.55. The Morgan fingerprint density at radius 1 is 1.37 bits per heavy atom. The van der Waals surface area contributed by atoms with Crippen LogP contribution in [0, 0.1) is 12.8 Å². The van der Waals surface area contributed by atoms with Crippen LogP contribution in [-0.4, -0.2) is 24.6 Å². The maximum atomic E-state index is 5.48. The average Bonchev–Trinajstić information content (AvgIpc) is 2.79. The topological polar surface area (TPSA) is 50.1 Å². The van der Waals surface area contributed by atoms with Gasteiger partial charge in [0.2, 0.25) is 0 Å². The Hall–Kier alpha value is -1.39. The third-order valence-corrected chi connectivity index (χ3v) is 3.78. The number of hydrogen-bond acceptors (Lipinski definition) is 4. The van der Waals surface area contributed by atoms with Crippen molar-refractivity contribution in [2.45, 2.75) is 26.3 Å². The third-order valence-electron chi connectivity index (χ3n) is 3.78. The van der Waals surface area contributed by atoms with Crippen molar-refractivity contribution in [3.05, 3.63) is 29.7 Å². The van der Waals surface area contributed by atoms with Crippen molar-refractivity contribution in [3.8, 4) is 0 Å². The van der Waals surface area contributed by atoms with E-state index in [4.69, 9.17) is 4.42 Å². The van der Waals surface area contributed by atoms with Crippen molar-refractivity contribution >= 4 is 11.1 Å². The number of benzene rings is 1. The normalized spacial score (nSPS) is 17.1. The lowest BCUT2D eigenvalue weighted by molar-refractivity contribution is 0.356. The highest BCUT2D eigenvalue weighted by molar-refractivity contribution is 5.73. The van der Waals surface area contributed by atoms with E-state index in [2.05, 4.69) is 27.8 Å². The molecule has 2 N–H and O–H groups in total. The van der Waals surface area contributed by atoms with E-state index in [-0.39, 0.29) is 0 Å². The number of oxazole rings is 1. The fraction of sp³-hybridized carbons (Fsp3) is 0.533. The predicted octanol–water partition coefficient (Wildman–Crippen LogP) is 2.23. The lowest BCUT2D eigenvalue weighted by Gasteiger charge is -2.22. The molecule has 2 aromatic rings. The Bertz CT molecular complexity index is 543. The van der Waals surface area contributed by atoms with Crippen LogP contribution in [0.25, 0.3) is 11.1 Å². The lowest BCUT2D eigenvalue weighted by atomic mass is 9.98. The van der Waals surface area contributed by atoms with E-state index < -0.39 is 0 Å². The molecule has 1 aromatic heterocycles. The second kappa shape index (κ2) is 5.72. The number of piperidine rings is 1. The molecule has 19 heavy (non-hydrogen) atoms. The number of fused-ring (bicyclic) bond motifs is 1. The fourth-order valence-corrected chi connectivity index (χ4v) is 2.70. The van der Waals surface area contributed by atoms with Crippen LogP contribution in [0.4, 0.5) is 0 Å². The molecule has 102 valence electrons. The Morgan fingerprint density at radius 2 is 2.21 bits per heavy atom. The van der Waals surface area contributed by atoms with Gasteiger partial charge in [-0.15, -0.1) is 0 Å². The minimum Gasteiger partial charge on any atom is -0.441 e. The summed E-state index contributed by atoms with van der Waals surface area (Å²) >= 11 is 0. The van der Waals surface area contributed by atoms with E-state index in [0.717, 1.165) is 49.1 Å². The second-order valence-corrected chi connectivity index (χ2v) is 5.36. The van der Waals surface area contributed by atoms with Gasteiger partial charge in [-0.2, -0.15) is 0 Å². The third kappa shape index (κ3) is 3.14. The molecule has 0 aliphatic carbocycles. The number of aryl methyl sites for hydroxylation is 1. The Kier molecular flexibility index (Phi) is 3.80. The summed E-state index contributed by atoms with van der Waals surface area (Å²) < 4.78 is 5.48. The highest BCUT2D eigenvalue weighted by Crippen LogP contribution is 2.17. The minimum atomic E-state index is 0.731. The standard InChI is InChI=1S/C15H21N3O/c1-11-18-14-8-13(2-3-15(14)19-11)10-17-9-12-4-6-16-7-5-12/h2-3,8,12,16-17H,4-7,9-10H2,1H3. The predicted molar refractivity (Wildman–Crippen MR) is 76.0 cm³/mol. The Balaban J connectivity index is 1.55. The number of rotatable bonds is 4. The lowest BCUT2D eigenvalue weighted by Crippen LogP contribution is -2.33. The molecule has 0 saturated carbocycles. The van der Waals surface area contributed by atoms with Gasteiger partial charge in [-0.3, -0.25) is 0 Å². The summed E-state index contributed by atoms with van der Waals surface area (Å²) in [7, 11) is 0. The molecule has 0 spiro atoms. The van der Waals surface area contributed by atoms with E-state index in [1.807, 2.05) is 13.0 Å². The molecular weight excluding hydrogens is 238 g/mol. The SMILES string of the molecule is Cc1nc2cc(CNCC3CCNCC3)ccc2o1. The molecule has 0 amide bonds. The molecule has 1 aliphatic heterocycles. The molecule has 1 aromatic carbocycles. The van der Waals surface area contributed by atoms with E-state index in [9.17, 15) is 0 Å². The van der Waals surface area contributed by atoms with Crippen LogP contribution in [-0.2, 0) is 6.54 Å². The van der Waals surface area contributed by atoms with Crippen LogP contribution >= 0.6 is 0 Å². The Morgan fingerprint density at radius 3 is 3.05 bits per heavy atom. The molecule has 0 atom stereocenters. The largest absolute Gasteiger partial charge is 0.441 e. The van der Waals surface area contributed by atoms with Gasteiger partial charge >= 0.3 is 0 Å². The van der Waals surface area contributed by atoms with Gasteiger partial charge in [0.15, 0.2) is 11.5 Å². The summed E-state index contributed by atoms with van der Waals surface area (Å²) in [6, 6.07) is 6.24. The van der Waals surface area contributed by atoms with E-state index in [0.29, 0.717) is 0 Å². The van der Waals surface area contributed by atoms with Crippen molar-refractivity contribution in [1.29, 1.82) is 0 Å². The average molecular weight is 259 g/mol. The first-order valence-corrected chi connectivity index (χ1v) is 7.09. The Labute approximate surface area is 113 Å². The molecule has 2 heterocycles. The van der Waals surface area contributed by atoms with Gasteiger partial charge in [-0.25, -0.2) is 4.98 Å². The first kappa shape index (κ1) is 12.6. The van der Waals surface area contributed by atoms with Gasteiger partial charge in [0.05, 0.1) is 0 Å². The first-order chi connectivity index (χ1) is 9.31. The van der Waals surface area contributed by atoms with Crippen LogP contribution in [0.1, 0.15) is 24.3 Å². The van der Waals surface area contributed by atoms with Gasteiger partial charge in [0.1, 0.15) is 5.52 Å². The van der Waals surface area contributed by atoms with Crippen LogP contribution < -0.4 is 10.6 Å². The molecule has 3 rings (SSSR count). The second-order valence-electron chi connectivity index (χ2n) is 5.36. The van der Waals surface area contributed by atoms with Crippen molar-refractivity contribution in [3.63, 3.8) is 0 Å². The monoisotopic (exact) mass is 259 g/mol. The summed E-state index contributed by atoms with van der Waals surface area (Å²) in [6.45, 7) is 6.23. The number of nitrogens with one attached hydrogen (secondary N) is 2. The molecule has 1 fully saturated rings. The van der Waals surface area contributed by atoms with Crippen LogP contribution in [0.15, 0.2) is 22.6 Å². The first-order valence-electron chi connectivity index (χ1n) is 7.09. The zero-order chi connectivity index (χ0) is 13.1. The smallest absolute Gasteiger partial charge is 0.192 e. The molecule has 0 bridgehead atoms. The van der Waals surface area contributed by atoms with Crippen molar-refractivity contribution in [2.75, 3.05) is 19.6 Å². The van der Waals surface area contributed by atoms with Gasteiger partial charge in [0, 0.05) is 13.5 Å². The van der Waals surface area contributed by atoms with E-state index >= 15 is 0 Å². The van der Waals surface area contributed by atoms with Crippen LogP contribution in [0.2, 0.25) is 0 Å². The summed E-state index contributed by atoms with van der Waals surface area (Å²) in [4.78, 5) is 4.37. The molecule has 1 saturated heterocycles. The number of hydrogen-bond donors (Lipinski definition) is 2.